The molecule has 0 radical (unpaired) electrons. The fourth-order valence-corrected chi connectivity index (χ4v) is 10.5. The summed E-state index contributed by atoms with van der Waals surface area (Å²) in [5.41, 5.74) is -0.998. The molecule has 1 fully saturated rings. The first-order chi connectivity index (χ1) is 13.2. The van der Waals surface area contributed by atoms with E-state index in [0.29, 0.717) is 0 Å². The molecule has 28 heavy (non-hydrogen) atoms. The molecule has 3 rings (SSSR count). The van der Waals surface area contributed by atoms with E-state index >= 15 is 0 Å². The van der Waals surface area contributed by atoms with Crippen molar-refractivity contribution in [3.05, 3.63) is 60.7 Å². The Bertz CT molecular complexity index is 722. The van der Waals surface area contributed by atoms with E-state index in [9.17, 15) is 15.3 Å². The van der Waals surface area contributed by atoms with E-state index in [-0.39, 0.29) is 5.04 Å². The molecule has 1 aliphatic rings. The summed E-state index contributed by atoms with van der Waals surface area (Å²) in [6.07, 6.45) is -4.25. The Hall–Kier alpha value is -1.54. The van der Waals surface area contributed by atoms with Gasteiger partial charge in [-0.3, -0.25) is 0 Å². The molecule has 2 aromatic rings. The Balaban J connectivity index is 2.22. The highest BCUT2D eigenvalue weighted by atomic mass is 28.3. The molecular weight excluding hydrogens is 372 g/mol. The number of methoxy groups -OCH3 is 1. The fourth-order valence-electron chi connectivity index (χ4n) is 4.66. The van der Waals surface area contributed by atoms with Crippen molar-refractivity contribution in [2.24, 2.45) is 0 Å². The molecular formula is C22H30O5Si. The minimum atomic E-state index is -2.93. The monoisotopic (exact) mass is 402 g/mol. The SMILES string of the molecule is CO[C@@H]1[C@H](O)[C@@H](C(O)[Si](c2ccccc2)(c2ccccc2)C(C)(C)C)O[C@H]1O. The fraction of sp³-hybridized carbons (Fsp3) is 0.455. The minimum absolute atomic E-state index is 0.311. The largest absolute Gasteiger partial charge is 0.393 e. The lowest BCUT2D eigenvalue weighted by atomic mass is 10.1. The minimum Gasteiger partial charge on any atom is -0.393 e. The number of aliphatic hydroxyl groups is 3. The molecule has 1 unspecified atom stereocenters. The third kappa shape index (κ3) is 3.34. The maximum Gasteiger partial charge on any atom is 0.184 e. The maximum atomic E-state index is 11.8. The summed E-state index contributed by atoms with van der Waals surface area (Å²) in [6, 6.07) is 19.9. The maximum absolute atomic E-state index is 11.8. The number of hydrogen-bond donors (Lipinski definition) is 3. The Morgan fingerprint density at radius 2 is 1.39 bits per heavy atom. The summed E-state index contributed by atoms with van der Waals surface area (Å²) < 4.78 is 10.9. The van der Waals surface area contributed by atoms with Crippen molar-refractivity contribution in [3.8, 4) is 0 Å². The van der Waals surface area contributed by atoms with Crippen molar-refractivity contribution in [1.29, 1.82) is 0 Å². The zero-order valence-electron chi connectivity index (χ0n) is 16.8. The van der Waals surface area contributed by atoms with Crippen LogP contribution in [0.4, 0.5) is 0 Å². The normalized spacial score (nSPS) is 27.0. The van der Waals surface area contributed by atoms with Crippen LogP contribution in [-0.4, -0.2) is 60.8 Å². The van der Waals surface area contributed by atoms with E-state index in [2.05, 4.69) is 20.8 Å². The van der Waals surface area contributed by atoms with Crippen molar-refractivity contribution in [2.75, 3.05) is 7.11 Å². The quantitative estimate of drug-likeness (QED) is 0.652. The van der Waals surface area contributed by atoms with Crippen molar-refractivity contribution in [1.82, 2.24) is 0 Å². The highest BCUT2D eigenvalue weighted by Gasteiger charge is 2.59. The van der Waals surface area contributed by atoms with Crippen LogP contribution < -0.4 is 10.4 Å². The standard InChI is InChI=1S/C22H30O5Si/c1-22(2,3)28(15-11-7-5-8-12-15,16-13-9-6-10-14-16)21(25)19-17(23)18(26-4)20(24)27-19/h5-14,17-21,23-25H,1-4H3/t17-,18+,19-,20+,21?/m0/s1. The molecule has 2 aromatic carbocycles. The van der Waals surface area contributed by atoms with E-state index in [1.807, 2.05) is 60.7 Å². The van der Waals surface area contributed by atoms with Crippen LogP contribution >= 0.6 is 0 Å². The highest BCUT2D eigenvalue weighted by molar-refractivity contribution is 7.05. The van der Waals surface area contributed by atoms with Crippen LogP contribution in [0.15, 0.2) is 60.7 Å². The first-order valence-electron chi connectivity index (χ1n) is 9.58. The lowest BCUT2D eigenvalue weighted by Crippen LogP contribution is -2.75. The van der Waals surface area contributed by atoms with Crippen LogP contribution in [0.1, 0.15) is 20.8 Å². The third-order valence-corrected chi connectivity index (χ3v) is 12.0. The number of ether oxygens (including phenoxy) is 2. The molecule has 0 aromatic heterocycles. The van der Waals surface area contributed by atoms with Gasteiger partial charge in [0.25, 0.3) is 0 Å². The number of hydrogen-bond acceptors (Lipinski definition) is 5. The lowest BCUT2D eigenvalue weighted by Gasteiger charge is -2.48. The molecule has 1 saturated heterocycles. The summed E-state index contributed by atoms with van der Waals surface area (Å²) in [4.78, 5) is 0. The second kappa shape index (κ2) is 8.06. The molecule has 1 heterocycles. The van der Waals surface area contributed by atoms with E-state index in [1.165, 1.54) is 7.11 Å². The number of aliphatic hydroxyl groups excluding tert-OH is 3. The third-order valence-electron chi connectivity index (χ3n) is 5.92. The van der Waals surface area contributed by atoms with Gasteiger partial charge in [0.05, 0.1) is 5.73 Å². The van der Waals surface area contributed by atoms with Gasteiger partial charge < -0.3 is 24.8 Å². The molecule has 152 valence electrons. The topological polar surface area (TPSA) is 79.2 Å². The molecule has 0 saturated carbocycles. The Labute approximate surface area is 167 Å². The Morgan fingerprint density at radius 3 is 1.75 bits per heavy atom. The van der Waals surface area contributed by atoms with Gasteiger partial charge in [-0.2, -0.15) is 0 Å². The second-order valence-electron chi connectivity index (χ2n) is 8.42. The van der Waals surface area contributed by atoms with Gasteiger partial charge in [0.2, 0.25) is 0 Å². The van der Waals surface area contributed by atoms with Crippen molar-refractivity contribution >= 4 is 18.4 Å². The zero-order valence-corrected chi connectivity index (χ0v) is 17.8. The number of benzene rings is 2. The van der Waals surface area contributed by atoms with Gasteiger partial charge in [-0.25, -0.2) is 0 Å². The van der Waals surface area contributed by atoms with Crippen LogP contribution in [0.2, 0.25) is 5.04 Å². The van der Waals surface area contributed by atoms with Gasteiger partial charge >= 0.3 is 0 Å². The first kappa shape index (κ1) is 21.2. The molecule has 0 aliphatic carbocycles. The van der Waals surface area contributed by atoms with Gasteiger partial charge in [0.15, 0.2) is 14.4 Å². The molecule has 0 amide bonds. The van der Waals surface area contributed by atoms with Gasteiger partial charge in [0, 0.05) is 7.11 Å². The van der Waals surface area contributed by atoms with Gasteiger partial charge in [-0.1, -0.05) is 91.8 Å². The molecule has 5 atom stereocenters. The summed E-state index contributed by atoms with van der Waals surface area (Å²) in [5, 5.41) is 34.5. The molecule has 0 bridgehead atoms. The molecule has 5 nitrogen and oxygen atoms in total. The summed E-state index contributed by atoms with van der Waals surface area (Å²) in [7, 11) is -1.51. The number of rotatable bonds is 5. The Morgan fingerprint density at radius 1 is 0.929 bits per heavy atom. The van der Waals surface area contributed by atoms with E-state index in [0.717, 1.165) is 10.4 Å². The smallest absolute Gasteiger partial charge is 0.184 e. The van der Waals surface area contributed by atoms with Crippen molar-refractivity contribution in [3.63, 3.8) is 0 Å². The van der Waals surface area contributed by atoms with Gasteiger partial charge in [-0.05, 0) is 5.04 Å². The molecule has 3 N–H and O–H groups in total. The Kier molecular flexibility index (Phi) is 6.10. The van der Waals surface area contributed by atoms with E-state index < -0.39 is 38.4 Å². The average molecular weight is 403 g/mol. The van der Waals surface area contributed by atoms with Crippen LogP contribution in [-0.2, 0) is 9.47 Å². The lowest BCUT2D eigenvalue weighted by molar-refractivity contribution is -0.144. The summed E-state index contributed by atoms with van der Waals surface area (Å²) in [6.45, 7) is 6.36. The predicted molar refractivity (Wildman–Crippen MR) is 111 cm³/mol. The highest BCUT2D eigenvalue weighted by Crippen LogP contribution is 2.41. The average Bonchev–Trinajstić information content (AvgIpc) is 2.96. The van der Waals surface area contributed by atoms with E-state index in [1.54, 1.807) is 0 Å². The summed E-state index contributed by atoms with van der Waals surface area (Å²) >= 11 is 0. The van der Waals surface area contributed by atoms with Crippen LogP contribution in [0.5, 0.6) is 0 Å². The van der Waals surface area contributed by atoms with Gasteiger partial charge in [0.1, 0.15) is 18.3 Å². The van der Waals surface area contributed by atoms with Crippen molar-refractivity contribution in [2.45, 2.75) is 56.1 Å². The molecule has 6 heteroatoms. The first-order valence-corrected chi connectivity index (χ1v) is 11.7. The zero-order chi connectivity index (χ0) is 20.5. The molecule has 1 aliphatic heterocycles. The summed E-state index contributed by atoms with van der Waals surface area (Å²) in [5.74, 6) is 0. The van der Waals surface area contributed by atoms with Crippen molar-refractivity contribution < 1.29 is 24.8 Å². The van der Waals surface area contributed by atoms with Crippen LogP contribution in [0, 0.1) is 0 Å². The predicted octanol–water partition coefficient (Wildman–Crippen LogP) is 1.04. The second-order valence-corrected chi connectivity index (χ2v) is 13.3. The van der Waals surface area contributed by atoms with Crippen LogP contribution in [0.3, 0.4) is 0 Å². The molecule has 0 spiro atoms. The van der Waals surface area contributed by atoms with Crippen LogP contribution in [0.25, 0.3) is 0 Å². The van der Waals surface area contributed by atoms with E-state index in [4.69, 9.17) is 9.47 Å². The van der Waals surface area contributed by atoms with Gasteiger partial charge in [-0.15, -0.1) is 0 Å².